The first-order chi connectivity index (χ1) is 11.8. The molecule has 2 aromatic rings. The number of aromatic nitrogens is 1. The molecular formula is C19H20N2O3. The SMILES string of the molecule is O=C(c1ncccc1Oc1ccccc1)N1CC(C2CCOC2)C1. The number of pyridine rings is 1. The predicted molar refractivity (Wildman–Crippen MR) is 89.1 cm³/mol. The Balaban J connectivity index is 1.45. The van der Waals surface area contributed by atoms with Crippen LogP contribution in [-0.4, -0.2) is 42.1 Å². The van der Waals surface area contributed by atoms with E-state index >= 15 is 0 Å². The molecule has 4 rings (SSSR count). The molecule has 5 nitrogen and oxygen atoms in total. The maximum absolute atomic E-state index is 12.8. The highest BCUT2D eigenvalue weighted by Gasteiger charge is 2.38. The number of benzene rings is 1. The topological polar surface area (TPSA) is 51.7 Å². The van der Waals surface area contributed by atoms with Crippen LogP contribution in [0, 0.1) is 11.8 Å². The number of ether oxygens (including phenoxy) is 2. The van der Waals surface area contributed by atoms with Gasteiger partial charge >= 0.3 is 0 Å². The summed E-state index contributed by atoms with van der Waals surface area (Å²) in [6.45, 7) is 3.26. The van der Waals surface area contributed by atoms with Crippen LogP contribution in [-0.2, 0) is 4.74 Å². The van der Waals surface area contributed by atoms with Gasteiger partial charge in [0.15, 0.2) is 11.4 Å². The minimum Gasteiger partial charge on any atom is -0.455 e. The van der Waals surface area contributed by atoms with Crippen molar-refractivity contribution in [2.45, 2.75) is 6.42 Å². The first-order valence-corrected chi connectivity index (χ1v) is 8.36. The van der Waals surface area contributed by atoms with E-state index in [1.807, 2.05) is 35.2 Å². The number of amides is 1. The first-order valence-electron chi connectivity index (χ1n) is 8.36. The fourth-order valence-electron chi connectivity index (χ4n) is 3.30. The van der Waals surface area contributed by atoms with E-state index in [-0.39, 0.29) is 5.91 Å². The Kier molecular flexibility index (Phi) is 4.17. The van der Waals surface area contributed by atoms with Gasteiger partial charge in [0.25, 0.3) is 5.91 Å². The summed E-state index contributed by atoms with van der Waals surface area (Å²) in [4.78, 5) is 18.9. The Hall–Kier alpha value is -2.40. The quantitative estimate of drug-likeness (QED) is 0.867. The number of carbonyl (C=O) groups excluding carboxylic acids is 1. The first kappa shape index (κ1) is 15.1. The summed E-state index contributed by atoms with van der Waals surface area (Å²) < 4.78 is 11.3. The molecule has 24 heavy (non-hydrogen) atoms. The number of hydrogen-bond acceptors (Lipinski definition) is 4. The molecule has 0 aliphatic carbocycles. The zero-order valence-corrected chi connectivity index (χ0v) is 13.4. The summed E-state index contributed by atoms with van der Waals surface area (Å²) in [5.74, 6) is 2.29. The average Bonchev–Trinajstić information content (AvgIpc) is 3.09. The van der Waals surface area contributed by atoms with Gasteiger partial charge in [0, 0.05) is 32.5 Å². The van der Waals surface area contributed by atoms with Crippen molar-refractivity contribution in [3.8, 4) is 11.5 Å². The van der Waals surface area contributed by atoms with Gasteiger partial charge < -0.3 is 14.4 Å². The molecule has 0 saturated carbocycles. The lowest BCUT2D eigenvalue weighted by atomic mass is 9.85. The van der Waals surface area contributed by atoms with Crippen LogP contribution < -0.4 is 4.74 Å². The third-order valence-corrected chi connectivity index (χ3v) is 4.77. The van der Waals surface area contributed by atoms with Gasteiger partial charge in [0.05, 0.1) is 0 Å². The van der Waals surface area contributed by atoms with E-state index in [9.17, 15) is 4.79 Å². The van der Waals surface area contributed by atoms with E-state index in [1.54, 1.807) is 18.3 Å². The van der Waals surface area contributed by atoms with Gasteiger partial charge in [-0.05, 0) is 42.5 Å². The van der Waals surface area contributed by atoms with E-state index in [2.05, 4.69) is 4.98 Å². The maximum atomic E-state index is 12.8. The molecule has 0 N–H and O–H groups in total. The van der Waals surface area contributed by atoms with Crippen molar-refractivity contribution in [2.24, 2.45) is 11.8 Å². The van der Waals surface area contributed by atoms with E-state index < -0.39 is 0 Å². The fraction of sp³-hybridized carbons (Fsp3) is 0.368. The summed E-state index contributed by atoms with van der Waals surface area (Å²) in [6, 6.07) is 13.0. The number of likely N-dealkylation sites (tertiary alicyclic amines) is 1. The van der Waals surface area contributed by atoms with Gasteiger partial charge in [-0.15, -0.1) is 0 Å². The molecule has 0 bridgehead atoms. The molecule has 2 fully saturated rings. The van der Waals surface area contributed by atoms with E-state index in [0.29, 0.717) is 29.0 Å². The molecular weight excluding hydrogens is 304 g/mol. The second-order valence-electron chi connectivity index (χ2n) is 6.36. The van der Waals surface area contributed by atoms with Crippen LogP contribution in [0.2, 0.25) is 0 Å². The smallest absolute Gasteiger partial charge is 0.276 e. The third kappa shape index (κ3) is 2.99. The van der Waals surface area contributed by atoms with Crippen molar-refractivity contribution in [3.05, 3.63) is 54.4 Å². The second-order valence-corrected chi connectivity index (χ2v) is 6.36. The largest absolute Gasteiger partial charge is 0.455 e. The summed E-state index contributed by atoms with van der Waals surface area (Å²) >= 11 is 0. The Bertz CT molecular complexity index is 708. The van der Waals surface area contributed by atoms with Crippen molar-refractivity contribution in [1.82, 2.24) is 9.88 Å². The number of rotatable bonds is 4. The van der Waals surface area contributed by atoms with Crippen molar-refractivity contribution in [2.75, 3.05) is 26.3 Å². The maximum Gasteiger partial charge on any atom is 0.276 e. The van der Waals surface area contributed by atoms with Gasteiger partial charge in [-0.1, -0.05) is 18.2 Å². The van der Waals surface area contributed by atoms with Crippen LogP contribution in [0.25, 0.3) is 0 Å². The molecule has 2 aliphatic rings. The molecule has 1 amide bonds. The number of hydrogen-bond donors (Lipinski definition) is 0. The normalized spacial score (nSPS) is 20.7. The molecule has 1 atom stereocenters. The van der Waals surface area contributed by atoms with Gasteiger partial charge in [-0.25, -0.2) is 4.98 Å². The minimum absolute atomic E-state index is 0.0586. The monoisotopic (exact) mass is 324 g/mol. The van der Waals surface area contributed by atoms with Gasteiger partial charge in [-0.3, -0.25) is 4.79 Å². The Morgan fingerprint density at radius 1 is 1.12 bits per heavy atom. The van der Waals surface area contributed by atoms with Crippen molar-refractivity contribution >= 4 is 5.91 Å². The third-order valence-electron chi connectivity index (χ3n) is 4.77. The van der Waals surface area contributed by atoms with Crippen LogP contribution in [0.4, 0.5) is 0 Å². The summed E-state index contributed by atoms with van der Waals surface area (Å²) in [6.07, 6.45) is 2.74. The van der Waals surface area contributed by atoms with Crippen LogP contribution in [0.5, 0.6) is 11.5 Å². The lowest BCUT2D eigenvalue weighted by Crippen LogP contribution is -2.53. The summed E-state index contributed by atoms with van der Waals surface area (Å²) in [5.41, 5.74) is 0.377. The number of carbonyl (C=O) groups is 1. The van der Waals surface area contributed by atoms with Gasteiger partial charge in [0.1, 0.15) is 5.75 Å². The van der Waals surface area contributed by atoms with Crippen LogP contribution in [0.1, 0.15) is 16.9 Å². The highest BCUT2D eigenvalue weighted by molar-refractivity contribution is 5.95. The zero-order valence-electron chi connectivity index (χ0n) is 13.4. The van der Waals surface area contributed by atoms with Crippen molar-refractivity contribution in [3.63, 3.8) is 0 Å². The van der Waals surface area contributed by atoms with Gasteiger partial charge in [-0.2, -0.15) is 0 Å². The van der Waals surface area contributed by atoms with Crippen molar-refractivity contribution < 1.29 is 14.3 Å². The molecule has 2 aliphatic heterocycles. The van der Waals surface area contributed by atoms with Crippen LogP contribution >= 0.6 is 0 Å². The zero-order chi connectivity index (χ0) is 16.4. The molecule has 1 aromatic heterocycles. The number of nitrogens with zero attached hydrogens (tertiary/aromatic N) is 2. The summed E-state index contributed by atoms with van der Waals surface area (Å²) in [7, 11) is 0. The van der Waals surface area contributed by atoms with Gasteiger partial charge in [0.2, 0.25) is 0 Å². The molecule has 2 saturated heterocycles. The van der Waals surface area contributed by atoms with E-state index in [1.165, 1.54) is 0 Å². The summed E-state index contributed by atoms with van der Waals surface area (Å²) in [5, 5.41) is 0. The lowest BCUT2D eigenvalue weighted by Gasteiger charge is -2.42. The minimum atomic E-state index is -0.0586. The Morgan fingerprint density at radius 3 is 2.71 bits per heavy atom. The molecule has 1 unspecified atom stereocenters. The molecule has 124 valence electrons. The van der Waals surface area contributed by atoms with Crippen molar-refractivity contribution in [1.29, 1.82) is 0 Å². The van der Waals surface area contributed by atoms with Crippen LogP contribution in [0.3, 0.4) is 0 Å². The highest BCUT2D eigenvalue weighted by Crippen LogP contribution is 2.32. The standard InChI is InChI=1S/C19H20N2O3/c22-19(21-11-15(12-21)14-8-10-23-13-14)18-17(7-4-9-20-18)24-16-5-2-1-3-6-16/h1-7,9,14-15H,8,10-13H2. The van der Waals surface area contributed by atoms with Crippen LogP contribution in [0.15, 0.2) is 48.7 Å². The average molecular weight is 324 g/mol. The molecule has 1 aromatic carbocycles. The second kappa shape index (κ2) is 6.61. The predicted octanol–water partition coefficient (Wildman–Crippen LogP) is 2.98. The molecule has 0 spiro atoms. The number of para-hydroxylation sites is 1. The molecule has 0 radical (unpaired) electrons. The van der Waals surface area contributed by atoms with E-state index in [0.717, 1.165) is 32.7 Å². The lowest BCUT2D eigenvalue weighted by molar-refractivity contribution is 0.0334. The van der Waals surface area contributed by atoms with E-state index in [4.69, 9.17) is 9.47 Å². The Labute approximate surface area is 141 Å². The molecule has 3 heterocycles. The highest BCUT2D eigenvalue weighted by atomic mass is 16.5. The fourth-order valence-corrected chi connectivity index (χ4v) is 3.30. The molecule has 5 heteroatoms. The Morgan fingerprint density at radius 2 is 1.96 bits per heavy atom.